The Hall–Kier alpha value is -7.86. The summed E-state index contributed by atoms with van der Waals surface area (Å²) in [7, 11) is 5.05. The van der Waals surface area contributed by atoms with Gasteiger partial charge in [-0.25, -0.2) is 15.0 Å². The molecule has 9 aromatic rings. The van der Waals surface area contributed by atoms with Crippen molar-refractivity contribution in [3.63, 3.8) is 0 Å². The molecule has 2 aliphatic heterocycles. The van der Waals surface area contributed by atoms with Gasteiger partial charge in [0.1, 0.15) is 23.0 Å². The van der Waals surface area contributed by atoms with Crippen LogP contribution >= 0.6 is 23.1 Å². The SMILES string of the molecule is COc1ccc(-c2c3nc(c(-c4ccc(OC)cc4)c4ccc([nH]4)c(-c4ccc(OCCCCSc5nc6ccccc6s5)cc4)c4nc(c(-c5ccc(OC)cc5)c5ccc2[nH]5)C=C4)C=C3)cc1. The van der Waals surface area contributed by atoms with E-state index in [0.717, 1.165) is 141 Å². The van der Waals surface area contributed by atoms with Crippen LogP contribution in [0.15, 0.2) is 150 Å². The zero-order valence-corrected chi connectivity index (χ0v) is 39.9. The molecule has 69 heavy (non-hydrogen) atoms. The summed E-state index contributed by atoms with van der Waals surface area (Å²) in [6.45, 7) is 0.634. The van der Waals surface area contributed by atoms with Crippen molar-refractivity contribution in [1.29, 1.82) is 0 Å². The van der Waals surface area contributed by atoms with Gasteiger partial charge in [-0.3, -0.25) is 0 Å². The van der Waals surface area contributed by atoms with Crippen LogP contribution in [0.25, 0.3) is 101 Å². The lowest BCUT2D eigenvalue weighted by molar-refractivity contribution is 0.310. The van der Waals surface area contributed by atoms with Crippen LogP contribution < -0.4 is 18.9 Å². The molecule has 6 heterocycles. The Morgan fingerprint density at radius 2 is 0.826 bits per heavy atom. The molecule has 2 N–H and O–H groups in total. The number of fused-ring (bicyclic) bond motifs is 9. The highest BCUT2D eigenvalue weighted by molar-refractivity contribution is 8.01. The molecular formula is C58H47N5O4S2. The third-order valence-corrected chi connectivity index (χ3v) is 14.6. The minimum atomic E-state index is 0.634. The molecule has 5 aromatic carbocycles. The number of thiazole rings is 1. The number of nitrogens with zero attached hydrogens (tertiary/aromatic N) is 3. The highest BCUT2D eigenvalue weighted by Crippen LogP contribution is 2.40. The van der Waals surface area contributed by atoms with E-state index < -0.39 is 0 Å². The van der Waals surface area contributed by atoms with Crippen LogP contribution in [0.5, 0.6) is 23.0 Å². The summed E-state index contributed by atoms with van der Waals surface area (Å²) in [5, 5.41) is 0. The summed E-state index contributed by atoms with van der Waals surface area (Å²) in [6, 6.07) is 49.6. The number of aromatic nitrogens is 5. The van der Waals surface area contributed by atoms with Crippen LogP contribution in [0.3, 0.4) is 0 Å². The van der Waals surface area contributed by atoms with Crippen LogP contribution in [0.1, 0.15) is 35.6 Å². The number of methoxy groups -OCH3 is 3. The first kappa shape index (κ1) is 43.7. The molecule has 2 aliphatic rings. The molecule has 8 bridgehead atoms. The van der Waals surface area contributed by atoms with Crippen LogP contribution in [-0.4, -0.2) is 58.6 Å². The Bertz CT molecular complexity index is 3480. The number of hydrogen-bond donors (Lipinski definition) is 2. The van der Waals surface area contributed by atoms with Gasteiger partial charge in [-0.1, -0.05) is 72.4 Å². The van der Waals surface area contributed by atoms with Gasteiger partial charge in [0.2, 0.25) is 0 Å². The molecule has 9 nitrogen and oxygen atoms in total. The Balaban J connectivity index is 1.04. The molecular weight excluding hydrogens is 895 g/mol. The maximum absolute atomic E-state index is 6.30. The van der Waals surface area contributed by atoms with Crippen LogP contribution in [0.4, 0.5) is 0 Å². The highest BCUT2D eigenvalue weighted by Gasteiger charge is 2.19. The summed E-state index contributed by atoms with van der Waals surface area (Å²) in [6.07, 6.45) is 10.4. The molecule has 0 saturated carbocycles. The zero-order valence-electron chi connectivity index (χ0n) is 38.3. The van der Waals surface area contributed by atoms with Crippen molar-refractivity contribution in [2.75, 3.05) is 33.7 Å². The maximum atomic E-state index is 6.30. The highest BCUT2D eigenvalue weighted by atomic mass is 32.2. The number of benzene rings is 5. The van der Waals surface area contributed by atoms with E-state index in [0.29, 0.717) is 6.61 Å². The number of ether oxygens (including phenoxy) is 4. The minimum absolute atomic E-state index is 0.634. The van der Waals surface area contributed by atoms with E-state index in [4.69, 9.17) is 33.9 Å². The normalized spacial score (nSPS) is 11.9. The largest absolute Gasteiger partial charge is 0.497 e. The summed E-state index contributed by atoms with van der Waals surface area (Å²) in [5.41, 5.74) is 15.8. The molecule has 0 atom stereocenters. The second kappa shape index (κ2) is 19.4. The fourth-order valence-corrected chi connectivity index (χ4v) is 11.0. The maximum Gasteiger partial charge on any atom is 0.151 e. The predicted octanol–water partition coefficient (Wildman–Crippen LogP) is 14.9. The van der Waals surface area contributed by atoms with Gasteiger partial charge in [0.05, 0.1) is 60.9 Å². The van der Waals surface area contributed by atoms with Crippen molar-refractivity contribution < 1.29 is 18.9 Å². The van der Waals surface area contributed by atoms with Gasteiger partial charge in [-0.05, 0) is 144 Å². The number of hydrogen-bond acceptors (Lipinski definition) is 9. The van der Waals surface area contributed by atoms with Gasteiger partial charge >= 0.3 is 0 Å². The molecule has 0 unspecified atom stereocenters. The first-order chi connectivity index (χ1) is 34.0. The lowest BCUT2D eigenvalue weighted by atomic mass is 10.0. The van der Waals surface area contributed by atoms with Gasteiger partial charge in [-0.2, -0.15) is 0 Å². The minimum Gasteiger partial charge on any atom is -0.497 e. The van der Waals surface area contributed by atoms with Gasteiger partial charge in [-0.15, -0.1) is 11.3 Å². The Morgan fingerprint density at radius 3 is 1.22 bits per heavy atom. The molecule has 11 heteroatoms. The molecule has 340 valence electrons. The van der Waals surface area contributed by atoms with Gasteiger partial charge < -0.3 is 28.9 Å². The zero-order chi connectivity index (χ0) is 46.7. The summed E-state index contributed by atoms with van der Waals surface area (Å²) in [4.78, 5) is 23.3. The van der Waals surface area contributed by atoms with Gasteiger partial charge in [0.15, 0.2) is 4.34 Å². The van der Waals surface area contributed by atoms with Crippen molar-refractivity contribution in [2.45, 2.75) is 17.2 Å². The monoisotopic (exact) mass is 941 g/mol. The third-order valence-electron chi connectivity index (χ3n) is 12.3. The standard InChI is InChI=1S/C58H47N5O4S2/c1-64-40-18-10-36(11-19-40)54-45-26-28-47(59-45)55(37-12-20-41(65-2)21-13-37)49-30-32-51(61-49)57(52-33-31-50(62-52)56(48-29-27-46(54)60-48)38-14-22-42(66-3)23-15-38)39-16-24-43(25-17-39)67-34-6-7-35-68-58-63-44-8-4-5-9-53(44)69-58/h4-5,8-33,59,62H,6-7,34-35H2,1-3H3. The third kappa shape index (κ3) is 9.02. The van der Waals surface area contributed by atoms with E-state index in [9.17, 15) is 0 Å². The van der Waals surface area contributed by atoms with Crippen LogP contribution in [0.2, 0.25) is 0 Å². The van der Waals surface area contributed by atoms with E-state index in [2.05, 4.69) is 137 Å². The van der Waals surface area contributed by atoms with Gasteiger partial charge in [0, 0.05) is 50.1 Å². The molecule has 0 fully saturated rings. The number of H-pyrrole nitrogens is 2. The number of rotatable bonds is 14. The van der Waals surface area contributed by atoms with E-state index in [1.54, 1.807) is 32.7 Å². The molecule has 0 aliphatic carbocycles. The lowest BCUT2D eigenvalue weighted by Crippen LogP contribution is -1.98. The lowest BCUT2D eigenvalue weighted by Gasteiger charge is -2.09. The first-order valence-corrected chi connectivity index (χ1v) is 24.6. The predicted molar refractivity (Wildman–Crippen MR) is 285 cm³/mol. The number of unbranched alkanes of at least 4 members (excludes halogenated alkanes) is 1. The number of aromatic amines is 2. The second-order valence-electron chi connectivity index (χ2n) is 16.6. The van der Waals surface area contributed by atoms with Crippen molar-refractivity contribution >= 4 is 79.7 Å². The average Bonchev–Trinajstić information content (AvgIpc) is 4.27. The fraction of sp³-hybridized carbons (Fsp3) is 0.121. The molecule has 4 aromatic heterocycles. The Labute approximate surface area is 408 Å². The smallest absolute Gasteiger partial charge is 0.151 e. The van der Waals surface area contributed by atoms with E-state index >= 15 is 0 Å². The van der Waals surface area contributed by atoms with E-state index in [-0.39, 0.29) is 0 Å². The number of para-hydroxylation sites is 1. The van der Waals surface area contributed by atoms with E-state index in [1.165, 1.54) is 4.70 Å². The average molecular weight is 942 g/mol. The topological polar surface area (TPSA) is 107 Å². The van der Waals surface area contributed by atoms with Crippen molar-refractivity contribution in [3.05, 3.63) is 168 Å². The number of nitrogens with one attached hydrogen (secondary N) is 2. The van der Waals surface area contributed by atoms with Crippen molar-refractivity contribution in [3.8, 4) is 67.5 Å². The van der Waals surface area contributed by atoms with Crippen LogP contribution in [-0.2, 0) is 0 Å². The second-order valence-corrected chi connectivity index (χ2v) is 18.9. The fourth-order valence-electron chi connectivity index (χ4n) is 8.88. The quantitative estimate of drug-likeness (QED) is 0.0820. The molecule has 0 spiro atoms. The molecule has 0 amide bonds. The Morgan fingerprint density at radius 1 is 0.435 bits per heavy atom. The Kier molecular flexibility index (Phi) is 12.3. The van der Waals surface area contributed by atoms with E-state index in [1.807, 2.05) is 54.2 Å². The van der Waals surface area contributed by atoms with Crippen molar-refractivity contribution in [2.24, 2.45) is 0 Å². The molecule has 0 saturated heterocycles. The van der Waals surface area contributed by atoms with Crippen LogP contribution in [0, 0.1) is 0 Å². The molecule has 11 rings (SSSR count). The number of thioether (sulfide) groups is 1. The molecule has 0 radical (unpaired) electrons. The first-order valence-electron chi connectivity index (χ1n) is 22.8. The summed E-state index contributed by atoms with van der Waals surface area (Å²) < 4.78 is 25.4. The summed E-state index contributed by atoms with van der Waals surface area (Å²) in [5.74, 6) is 4.16. The summed E-state index contributed by atoms with van der Waals surface area (Å²) >= 11 is 3.58. The van der Waals surface area contributed by atoms with Crippen molar-refractivity contribution in [1.82, 2.24) is 24.9 Å². The van der Waals surface area contributed by atoms with Gasteiger partial charge in [0.25, 0.3) is 0 Å².